The Morgan fingerprint density at radius 3 is 1.75 bits per heavy atom. The lowest BCUT2D eigenvalue weighted by atomic mass is 9.97. The van der Waals surface area contributed by atoms with Crippen molar-refractivity contribution in [1.29, 1.82) is 0 Å². The van der Waals surface area contributed by atoms with E-state index in [1.165, 1.54) is 0 Å². The summed E-state index contributed by atoms with van der Waals surface area (Å²) < 4.78 is 0. The summed E-state index contributed by atoms with van der Waals surface area (Å²) in [6, 6.07) is 23.2. The van der Waals surface area contributed by atoms with E-state index in [0.717, 1.165) is 22.3 Å². The molecule has 0 aliphatic carbocycles. The topological polar surface area (TPSA) is 46.2 Å². The van der Waals surface area contributed by atoms with E-state index in [-0.39, 0.29) is 0 Å². The van der Waals surface area contributed by atoms with Crippen molar-refractivity contribution in [2.75, 3.05) is 5.73 Å². The zero-order valence-corrected chi connectivity index (χ0v) is 11.0. The normalized spacial score (nSPS) is 10.4. The molecule has 0 radical (unpaired) electrons. The van der Waals surface area contributed by atoms with E-state index in [9.17, 15) is 5.11 Å². The molecule has 0 saturated carbocycles. The molecule has 3 N–H and O–H groups in total. The number of rotatable bonds is 2. The van der Waals surface area contributed by atoms with E-state index in [4.69, 9.17) is 5.73 Å². The number of hydrogen-bond donors (Lipinski definition) is 2. The van der Waals surface area contributed by atoms with Crippen molar-refractivity contribution < 1.29 is 5.11 Å². The highest BCUT2D eigenvalue weighted by Crippen LogP contribution is 2.37. The second-order valence-corrected chi connectivity index (χ2v) is 4.69. The molecule has 0 atom stereocenters. The van der Waals surface area contributed by atoms with Gasteiger partial charge in [0.25, 0.3) is 0 Å². The summed E-state index contributed by atoms with van der Waals surface area (Å²) in [5.74, 6) is 0.295. The average Bonchev–Trinajstić information content (AvgIpc) is 2.49. The minimum Gasteiger partial charge on any atom is -0.507 e. The van der Waals surface area contributed by atoms with E-state index in [0.29, 0.717) is 11.4 Å². The predicted octanol–water partition coefficient (Wildman–Crippen LogP) is 4.31. The molecule has 0 saturated heterocycles. The number of hydrogen-bond acceptors (Lipinski definition) is 2. The van der Waals surface area contributed by atoms with Gasteiger partial charge in [-0.1, -0.05) is 60.7 Å². The molecule has 3 rings (SSSR count). The smallest absolute Gasteiger partial charge is 0.131 e. The Morgan fingerprint density at radius 1 is 0.600 bits per heavy atom. The van der Waals surface area contributed by atoms with Crippen LogP contribution in [-0.2, 0) is 0 Å². The number of para-hydroxylation sites is 1. The second-order valence-electron chi connectivity index (χ2n) is 4.69. The number of nitrogen functional groups attached to an aromatic ring is 1. The molecule has 2 nitrogen and oxygen atoms in total. The van der Waals surface area contributed by atoms with Gasteiger partial charge >= 0.3 is 0 Å². The summed E-state index contributed by atoms with van der Waals surface area (Å²) >= 11 is 0. The number of phenolic OH excluding ortho intramolecular Hbond substituents is 1. The first-order chi connectivity index (χ1) is 9.75. The Labute approximate surface area is 118 Å². The third kappa shape index (κ3) is 2.24. The quantitative estimate of drug-likeness (QED) is 0.675. The zero-order valence-electron chi connectivity index (χ0n) is 11.0. The minimum atomic E-state index is 0.295. The first-order valence-corrected chi connectivity index (χ1v) is 6.49. The van der Waals surface area contributed by atoms with E-state index in [1.54, 1.807) is 0 Å². The third-order valence-electron chi connectivity index (χ3n) is 3.34. The van der Waals surface area contributed by atoms with Crippen LogP contribution in [0.15, 0.2) is 72.8 Å². The maximum Gasteiger partial charge on any atom is 0.131 e. The van der Waals surface area contributed by atoms with Crippen LogP contribution in [0.5, 0.6) is 5.75 Å². The molecular weight excluding hydrogens is 246 g/mol. The van der Waals surface area contributed by atoms with Gasteiger partial charge in [-0.05, 0) is 23.3 Å². The summed E-state index contributed by atoms with van der Waals surface area (Å²) in [6.07, 6.45) is 0. The van der Waals surface area contributed by atoms with Gasteiger partial charge in [-0.15, -0.1) is 0 Å². The first kappa shape index (κ1) is 12.3. The van der Waals surface area contributed by atoms with E-state index in [1.807, 2.05) is 72.8 Å². The molecule has 0 spiro atoms. The Morgan fingerprint density at radius 2 is 1.15 bits per heavy atom. The number of nitrogens with two attached hydrogens (primary N) is 1. The van der Waals surface area contributed by atoms with Crippen molar-refractivity contribution in [3.05, 3.63) is 72.8 Å². The molecule has 20 heavy (non-hydrogen) atoms. The van der Waals surface area contributed by atoms with Crippen LogP contribution < -0.4 is 5.73 Å². The van der Waals surface area contributed by atoms with Gasteiger partial charge in [0.1, 0.15) is 5.75 Å². The standard InChI is InChI=1S/C18H15NO/c19-15-11-9-14(10-12-15)17-8-4-7-16(18(17)20)13-5-2-1-3-6-13/h1-12,20H,19H2. The Kier molecular flexibility index (Phi) is 3.13. The molecule has 0 amide bonds. The van der Waals surface area contributed by atoms with Crippen LogP contribution in [0, 0.1) is 0 Å². The molecule has 0 heterocycles. The maximum absolute atomic E-state index is 10.5. The fourth-order valence-corrected chi connectivity index (χ4v) is 2.29. The molecule has 3 aromatic rings. The van der Waals surface area contributed by atoms with E-state index in [2.05, 4.69) is 0 Å². The molecular formula is C18H15NO. The van der Waals surface area contributed by atoms with Crippen molar-refractivity contribution in [3.8, 4) is 28.0 Å². The largest absolute Gasteiger partial charge is 0.507 e. The molecule has 98 valence electrons. The van der Waals surface area contributed by atoms with Gasteiger partial charge < -0.3 is 10.8 Å². The van der Waals surface area contributed by atoms with E-state index >= 15 is 0 Å². The first-order valence-electron chi connectivity index (χ1n) is 6.49. The van der Waals surface area contributed by atoms with Gasteiger partial charge in [-0.2, -0.15) is 0 Å². The highest BCUT2D eigenvalue weighted by Gasteiger charge is 2.10. The fourth-order valence-electron chi connectivity index (χ4n) is 2.29. The number of phenols is 1. The summed E-state index contributed by atoms with van der Waals surface area (Å²) in [5, 5.41) is 10.5. The van der Waals surface area contributed by atoms with Crippen molar-refractivity contribution >= 4 is 5.69 Å². The van der Waals surface area contributed by atoms with Crippen molar-refractivity contribution in [2.45, 2.75) is 0 Å². The predicted molar refractivity (Wildman–Crippen MR) is 83.4 cm³/mol. The SMILES string of the molecule is Nc1ccc(-c2cccc(-c3ccccc3)c2O)cc1. The highest BCUT2D eigenvalue weighted by molar-refractivity contribution is 5.82. The second kappa shape index (κ2) is 5.10. The van der Waals surface area contributed by atoms with Crippen LogP contribution in [-0.4, -0.2) is 5.11 Å². The van der Waals surface area contributed by atoms with Gasteiger partial charge in [-0.3, -0.25) is 0 Å². The minimum absolute atomic E-state index is 0.295. The lowest BCUT2D eigenvalue weighted by Crippen LogP contribution is -1.86. The van der Waals surface area contributed by atoms with Crippen LogP contribution in [0.1, 0.15) is 0 Å². The highest BCUT2D eigenvalue weighted by atomic mass is 16.3. The molecule has 0 unspecified atom stereocenters. The number of aromatic hydroxyl groups is 1. The summed E-state index contributed by atoms with van der Waals surface area (Å²) in [6.45, 7) is 0. The number of anilines is 1. The lowest BCUT2D eigenvalue weighted by Gasteiger charge is -2.10. The van der Waals surface area contributed by atoms with Crippen LogP contribution >= 0.6 is 0 Å². The van der Waals surface area contributed by atoms with Gasteiger partial charge in [0.15, 0.2) is 0 Å². The molecule has 0 aliphatic rings. The zero-order chi connectivity index (χ0) is 13.9. The third-order valence-corrected chi connectivity index (χ3v) is 3.34. The van der Waals surface area contributed by atoms with Gasteiger partial charge in [-0.25, -0.2) is 0 Å². The van der Waals surface area contributed by atoms with Crippen LogP contribution in [0.25, 0.3) is 22.3 Å². The summed E-state index contributed by atoms with van der Waals surface area (Å²) in [5.41, 5.74) is 10.0. The Balaban J connectivity index is 2.13. The average molecular weight is 261 g/mol. The summed E-state index contributed by atoms with van der Waals surface area (Å²) in [7, 11) is 0. The van der Waals surface area contributed by atoms with Crippen LogP contribution in [0.3, 0.4) is 0 Å². The molecule has 0 bridgehead atoms. The fraction of sp³-hybridized carbons (Fsp3) is 0. The monoisotopic (exact) mass is 261 g/mol. The van der Waals surface area contributed by atoms with Gasteiger partial charge in [0.05, 0.1) is 0 Å². The van der Waals surface area contributed by atoms with Gasteiger partial charge in [0.2, 0.25) is 0 Å². The Bertz CT molecular complexity index is 718. The van der Waals surface area contributed by atoms with E-state index < -0.39 is 0 Å². The molecule has 0 aromatic heterocycles. The van der Waals surface area contributed by atoms with Crippen LogP contribution in [0.4, 0.5) is 5.69 Å². The van der Waals surface area contributed by atoms with Crippen molar-refractivity contribution in [3.63, 3.8) is 0 Å². The number of benzene rings is 3. The lowest BCUT2D eigenvalue weighted by molar-refractivity contribution is 0.479. The molecule has 2 heteroatoms. The molecule has 0 aliphatic heterocycles. The Hall–Kier alpha value is -2.74. The molecule has 0 fully saturated rings. The maximum atomic E-state index is 10.5. The van der Waals surface area contributed by atoms with Crippen LogP contribution in [0.2, 0.25) is 0 Å². The van der Waals surface area contributed by atoms with Crippen molar-refractivity contribution in [2.24, 2.45) is 0 Å². The summed E-state index contributed by atoms with van der Waals surface area (Å²) in [4.78, 5) is 0. The molecule has 3 aromatic carbocycles. The van der Waals surface area contributed by atoms with Gasteiger partial charge in [0, 0.05) is 16.8 Å². The van der Waals surface area contributed by atoms with Crippen molar-refractivity contribution in [1.82, 2.24) is 0 Å².